The zero-order chi connectivity index (χ0) is 15.1. The van der Waals surface area contributed by atoms with Crippen molar-refractivity contribution in [2.45, 2.75) is 58.1 Å². The fraction of sp³-hybridized carbons (Fsp3) is 0.579. The zero-order valence-corrected chi connectivity index (χ0v) is 13.4. The SMILES string of the molecule is CC/C=C\C=C(/C)C(C1=CCCC=C1)C1CC(N)CCO1. The predicted octanol–water partition coefficient (Wildman–Crippen LogP) is 4.30. The lowest BCUT2D eigenvalue weighted by Crippen LogP contribution is -2.39. The Labute approximate surface area is 129 Å². The molecular formula is C19H29NO. The van der Waals surface area contributed by atoms with E-state index in [2.05, 4.69) is 50.3 Å². The van der Waals surface area contributed by atoms with E-state index in [-0.39, 0.29) is 12.1 Å². The fourth-order valence-corrected chi connectivity index (χ4v) is 3.18. The summed E-state index contributed by atoms with van der Waals surface area (Å²) in [5.41, 5.74) is 8.94. The van der Waals surface area contributed by atoms with Gasteiger partial charge in [0, 0.05) is 18.6 Å². The van der Waals surface area contributed by atoms with Crippen LogP contribution in [0.3, 0.4) is 0 Å². The Morgan fingerprint density at radius 2 is 2.33 bits per heavy atom. The molecule has 0 bridgehead atoms. The maximum Gasteiger partial charge on any atom is 0.0695 e. The van der Waals surface area contributed by atoms with Crippen molar-refractivity contribution in [3.63, 3.8) is 0 Å². The lowest BCUT2D eigenvalue weighted by Gasteiger charge is -2.35. The first-order valence-corrected chi connectivity index (χ1v) is 8.29. The monoisotopic (exact) mass is 287 g/mol. The van der Waals surface area contributed by atoms with Crippen LogP contribution < -0.4 is 5.73 Å². The van der Waals surface area contributed by atoms with Gasteiger partial charge in [-0.3, -0.25) is 0 Å². The van der Waals surface area contributed by atoms with Crippen molar-refractivity contribution in [1.82, 2.24) is 0 Å². The largest absolute Gasteiger partial charge is 0.377 e. The lowest BCUT2D eigenvalue weighted by molar-refractivity contribution is -0.0103. The highest BCUT2D eigenvalue weighted by atomic mass is 16.5. The second kappa shape index (κ2) is 8.35. The summed E-state index contributed by atoms with van der Waals surface area (Å²) >= 11 is 0. The van der Waals surface area contributed by atoms with Crippen LogP contribution in [0.1, 0.15) is 46.0 Å². The van der Waals surface area contributed by atoms with E-state index in [1.54, 1.807) is 0 Å². The summed E-state index contributed by atoms with van der Waals surface area (Å²) in [4.78, 5) is 0. The van der Waals surface area contributed by atoms with E-state index >= 15 is 0 Å². The minimum atomic E-state index is 0.217. The highest BCUT2D eigenvalue weighted by molar-refractivity contribution is 5.34. The van der Waals surface area contributed by atoms with Crippen LogP contribution in [-0.4, -0.2) is 18.8 Å². The summed E-state index contributed by atoms with van der Waals surface area (Å²) in [6.07, 6.45) is 19.0. The molecule has 1 aliphatic carbocycles. The standard InChI is InChI=1S/C19H29NO/c1-3-4-6-9-15(2)19(16-10-7-5-8-11-16)18-14-17(20)12-13-21-18/h4,6-7,9-11,17-19H,3,5,8,12-14,20H2,1-2H3/b6-4-,15-9+. The number of ether oxygens (including phenoxy) is 1. The van der Waals surface area contributed by atoms with Crippen LogP contribution in [0.25, 0.3) is 0 Å². The van der Waals surface area contributed by atoms with Gasteiger partial charge in [-0.1, -0.05) is 49.0 Å². The number of nitrogens with two attached hydrogens (primary N) is 1. The molecule has 0 radical (unpaired) electrons. The average molecular weight is 287 g/mol. The minimum Gasteiger partial charge on any atom is -0.377 e. The Balaban J connectivity index is 2.21. The molecule has 21 heavy (non-hydrogen) atoms. The Hall–Kier alpha value is -1.12. The molecule has 0 aromatic rings. The fourth-order valence-electron chi connectivity index (χ4n) is 3.18. The van der Waals surface area contributed by atoms with Crippen LogP contribution in [0.2, 0.25) is 0 Å². The highest BCUT2D eigenvalue weighted by Gasteiger charge is 2.30. The number of hydrogen-bond donors (Lipinski definition) is 1. The number of rotatable bonds is 5. The predicted molar refractivity (Wildman–Crippen MR) is 90.1 cm³/mol. The van der Waals surface area contributed by atoms with E-state index in [0.717, 1.165) is 38.7 Å². The van der Waals surface area contributed by atoms with E-state index in [0.29, 0.717) is 5.92 Å². The maximum absolute atomic E-state index is 6.16. The minimum absolute atomic E-state index is 0.217. The summed E-state index contributed by atoms with van der Waals surface area (Å²) in [6.45, 7) is 5.17. The molecule has 1 heterocycles. The van der Waals surface area contributed by atoms with Gasteiger partial charge in [0.05, 0.1) is 6.10 Å². The first-order chi connectivity index (χ1) is 10.2. The van der Waals surface area contributed by atoms with Gasteiger partial charge in [-0.25, -0.2) is 0 Å². The molecule has 3 atom stereocenters. The van der Waals surface area contributed by atoms with Crippen LogP contribution in [0.5, 0.6) is 0 Å². The van der Waals surface area contributed by atoms with Crippen molar-refractivity contribution < 1.29 is 4.74 Å². The molecule has 1 saturated heterocycles. The van der Waals surface area contributed by atoms with Crippen molar-refractivity contribution in [2.24, 2.45) is 11.7 Å². The summed E-state index contributed by atoms with van der Waals surface area (Å²) < 4.78 is 6.07. The van der Waals surface area contributed by atoms with Crippen molar-refractivity contribution in [3.8, 4) is 0 Å². The molecule has 2 heteroatoms. The van der Waals surface area contributed by atoms with Crippen molar-refractivity contribution in [3.05, 3.63) is 47.6 Å². The first kappa shape index (κ1) is 16.3. The lowest BCUT2D eigenvalue weighted by atomic mass is 9.80. The van der Waals surface area contributed by atoms with Gasteiger partial charge in [-0.2, -0.15) is 0 Å². The molecule has 0 saturated carbocycles. The van der Waals surface area contributed by atoms with Crippen LogP contribution >= 0.6 is 0 Å². The quantitative estimate of drug-likeness (QED) is 0.765. The average Bonchev–Trinajstić information content (AvgIpc) is 2.49. The molecule has 116 valence electrons. The smallest absolute Gasteiger partial charge is 0.0695 e. The van der Waals surface area contributed by atoms with Gasteiger partial charge in [-0.05, 0) is 44.6 Å². The maximum atomic E-state index is 6.16. The third-order valence-corrected chi connectivity index (χ3v) is 4.33. The van der Waals surface area contributed by atoms with Gasteiger partial charge >= 0.3 is 0 Å². The Morgan fingerprint density at radius 3 is 3.00 bits per heavy atom. The molecule has 2 N–H and O–H groups in total. The molecule has 0 aromatic carbocycles. The van der Waals surface area contributed by atoms with Gasteiger partial charge in [0.1, 0.15) is 0 Å². The number of allylic oxidation sites excluding steroid dienone is 6. The topological polar surface area (TPSA) is 35.2 Å². The van der Waals surface area contributed by atoms with Crippen molar-refractivity contribution in [1.29, 1.82) is 0 Å². The summed E-state index contributed by atoms with van der Waals surface area (Å²) in [5.74, 6) is 0.342. The molecular weight excluding hydrogens is 258 g/mol. The van der Waals surface area contributed by atoms with E-state index < -0.39 is 0 Å². The second-order valence-electron chi connectivity index (χ2n) is 6.10. The van der Waals surface area contributed by atoms with Crippen LogP contribution in [0.4, 0.5) is 0 Å². The molecule has 0 spiro atoms. The Kier molecular flexibility index (Phi) is 6.47. The normalized spacial score (nSPS) is 28.7. The zero-order valence-electron chi connectivity index (χ0n) is 13.4. The summed E-state index contributed by atoms with van der Waals surface area (Å²) in [6, 6.07) is 0.276. The van der Waals surface area contributed by atoms with Crippen molar-refractivity contribution in [2.75, 3.05) is 6.61 Å². The van der Waals surface area contributed by atoms with Gasteiger partial charge < -0.3 is 10.5 Å². The van der Waals surface area contributed by atoms with E-state index in [4.69, 9.17) is 10.5 Å². The number of hydrogen-bond acceptors (Lipinski definition) is 2. The van der Waals surface area contributed by atoms with Gasteiger partial charge in [0.2, 0.25) is 0 Å². The first-order valence-electron chi connectivity index (χ1n) is 8.29. The summed E-state index contributed by atoms with van der Waals surface area (Å²) in [7, 11) is 0. The third-order valence-electron chi connectivity index (χ3n) is 4.33. The molecule has 2 nitrogen and oxygen atoms in total. The van der Waals surface area contributed by atoms with Crippen LogP contribution in [-0.2, 0) is 4.74 Å². The third kappa shape index (κ3) is 4.69. The summed E-state index contributed by atoms with van der Waals surface area (Å²) in [5, 5.41) is 0. The molecule has 2 rings (SSSR count). The van der Waals surface area contributed by atoms with Crippen LogP contribution in [0.15, 0.2) is 47.6 Å². The molecule has 3 unspecified atom stereocenters. The molecule has 0 aromatic heterocycles. The van der Waals surface area contributed by atoms with E-state index in [9.17, 15) is 0 Å². The van der Waals surface area contributed by atoms with E-state index in [1.807, 2.05) is 0 Å². The highest BCUT2D eigenvalue weighted by Crippen LogP contribution is 2.33. The van der Waals surface area contributed by atoms with Gasteiger partial charge in [0.15, 0.2) is 0 Å². The van der Waals surface area contributed by atoms with Crippen LogP contribution in [0, 0.1) is 5.92 Å². The van der Waals surface area contributed by atoms with Crippen molar-refractivity contribution >= 4 is 0 Å². The Morgan fingerprint density at radius 1 is 1.48 bits per heavy atom. The molecule has 1 fully saturated rings. The molecule has 2 aliphatic rings. The van der Waals surface area contributed by atoms with E-state index in [1.165, 1.54) is 11.1 Å². The molecule has 1 aliphatic heterocycles. The molecule has 0 amide bonds. The second-order valence-corrected chi connectivity index (χ2v) is 6.10. The Bertz CT molecular complexity index is 444. The van der Waals surface area contributed by atoms with Gasteiger partial charge in [0.25, 0.3) is 0 Å². The van der Waals surface area contributed by atoms with Gasteiger partial charge in [-0.15, -0.1) is 0 Å².